The Balaban J connectivity index is 2.58. The zero-order valence-electron chi connectivity index (χ0n) is 8.35. The third kappa shape index (κ3) is 3.17. The molecule has 0 spiro atoms. The smallest absolute Gasteiger partial charge is 0.342 e. The highest BCUT2D eigenvalue weighted by molar-refractivity contribution is 6.17. The van der Waals surface area contributed by atoms with Crippen LogP contribution in [0.4, 0.5) is 5.82 Å². The minimum atomic E-state index is -0.457. The Bertz CT molecular complexity index is 340. The van der Waals surface area contributed by atoms with Crippen molar-refractivity contribution in [2.75, 3.05) is 19.1 Å². The number of ether oxygens (including phenoxy) is 1. The van der Waals surface area contributed by atoms with Gasteiger partial charge < -0.3 is 14.9 Å². The second-order valence-corrected chi connectivity index (χ2v) is 3.25. The maximum atomic E-state index is 10.6. The maximum Gasteiger partial charge on any atom is 0.342 e. The number of nitrogens with zero attached hydrogens (tertiary/aromatic N) is 3. The Morgan fingerprint density at radius 1 is 1.67 bits per heavy atom. The van der Waals surface area contributed by atoms with Crippen LogP contribution in [-0.4, -0.2) is 33.6 Å². The molecule has 84 valence electrons. The fourth-order valence-corrected chi connectivity index (χ4v) is 1.30. The molecule has 0 radical (unpaired) electrons. The van der Waals surface area contributed by atoms with E-state index in [9.17, 15) is 10.1 Å². The summed E-state index contributed by atoms with van der Waals surface area (Å²) < 4.78 is 6.65. The van der Waals surface area contributed by atoms with Crippen molar-refractivity contribution < 1.29 is 9.66 Å². The minimum absolute atomic E-state index is 0.0121. The lowest BCUT2D eigenvalue weighted by Crippen LogP contribution is -2.11. The number of halogens is 1. The molecule has 0 aliphatic carbocycles. The molecule has 7 heteroatoms. The standard InChI is InChI=1S/C8H12ClN3O3/c1-7-10-6-8(12(13)14)11(7)3-5-15-4-2-9/h6H,2-5H2,1H3. The number of rotatable bonds is 6. The molecule has 6 nitrogen and oxygen atoms in total. The van der Waals surface area contributed by atoms with E-state index >= 15 is 0 Å². The lowest BCUT2D eigenvalue weighted by atomic mass is 10.6. The van der Waals surface area contributed by atoms with Gasteiger partial charge in [0.2, 0.25) is 0 Å². The second kappa shape index (κ2) is 5.67. The van der Waals surface area contributed by atoms with Crippen LogP contribution >= 0.6 is 11.6 Å². The first-order chi connectivity index (χ1) is 7.16. The summed E-state index contributed by atoms with van der Waals surface area (Å²) in [6, 6.07) is 0. The summed E-state index contributed by atoms with van der Waals surface area (Å²) in [5.74, 6) is 1.02. The highest BCUT2D eigenvalue weighted by Crippen LogP contribution is 2.12. The predicted molar refractivity (Wildman–Crippen MR) is 55.2 cm³/mol. The van der Waals surface area contributed by atoms with E-state index in [1.54, 1.807) is 6.92 Å². The van der Waals surface area contributed by atoms with Crippen LogP contribution in [0, 0.1) is 17.0 Å². The maximum absolute atomic E-state index is 10.6. The fourth-order valence-electron chi connectivity index (χ4n) is 1.19. The van der Waals surface area contributed by atoms with Gasteiger partial charge in [0, 0.05) is 12.8 Å². The van der Waals surface area contributed by atoms with Gasteiger partial charge in [-0.3, -0.25) is 0 Å². The van der Waals surface area contributed by atoms with Gasteiger partial charge >= 0.3 is 5.82 Å². The number of aromatic nitrogens is 2. The van der Waals surface area contributed by atoms with Crippen molar-refractivity contribution in [1.29, 1.82) is 0 Å². The van der Waals surface area contributed by atoms with Crippen molar-refractivity contribution in [3.05, 3.63) is 22.1 Å². The number of alkyl halides is 1. The third-order valence-electron chi connectivity index (χ3n) is 1.90. The van der Waals surface area contributed by atoms with Crippen LogP contribution in [-0.2, 0) is 11.3 Å². The first kappa shape index (κ1) is 11.9. The zero-order chi connectivity index (χ0) is 11.3. The van der Waals surface area contributed by atoms with Gasteiger partial charge in [-0.15, -0.1) is 11.6 Å². The molecule has 0 saturated carbocycles. The molecule has 1 aromatic heterocycles. The molecular weight excluding hydrogens is 222 g/mol. The molecule has 0 aliphatic heterocycles. The van der Waals surface area contributed by atoms with Crippen LogP contribution in [0.15, 0.2) is 6.20 Å². The number of aryl methyl sites for hydroxylation is 1. The van der Waals surface area contributed by atoms with Gasteiger partial charge in [0.15, 0.2) is 5.82 Å². The van der Waals surface area contributed by atoms with Gasteiger partial charge in [-0.1, -0.05) is 0 Å². The highest BCUT2D eigenvalue weighted by Gasteiger charge is 2.16. The fraction of sp³-hybridized carbons (Fsp3) is 0.625. The average molecular weight is 234 g/mol. The number of hydrogen-bond donors (Lipinski definition) is 0. The van der Waals surface area contributed by atoms with E-state index in [0.29, 0.717) is 31.5 Å². The molecule has 0 fully saturated rings. The zero-order valence-corrected chi connectivity index (χ0v) is 9.11. The van der Waals surface area contributed by atoms with Crippen molar-refractivity contribution in [3.63, 3.8) is 0 Å². The molecule has 1 rings (SSSR count). The molecule has 0 N–H and O–H groups in total. The second-order valence-electron chi connectivity index (χ2n) is 2.87. The molecule has 0 atom stereocenters. The monoisotopic (exact) mass is 233 g/mol. The molecule has 1 aromatic rings. The Morgan fingerprint density at radius 2 is 2.40 bits per heavy atom. The molecule has 0 aromatic carbocycles. The lowest BCUT2D eigenvalue weighted by molar-refractivity contribution is -0.392. The average Bonchev–Trinajstić information content (AvgIpc) is 2.55. The van der Waals surface area contributed by atoms with Crippen molar-refractivity contribution in [1.82, 2.24) is 9.55 Å². The summed E-state index contributed by atoms with van der Waals surface area (Å²) in [7, 11) is 0. The van der Waals surface area contributed by atoms with E-state index in [1.165, 1.54) is 10.8 Å². The van der Waals surface area contributed by atoms with E-state index in [0.717, 1.165) is 0 Å². The van der Waals surface area contributed by atoms with Gasteiger partial charge in [-0.2, -0.15) is 0 Å². The third-order valence-corrected chi connectivity index (χ3v) is 2.06. The van der Waals surface area contributed by atoms with Gasteiger partial charge in [0.05, 0.1) is 13.2 Å². The van der Waals surface area contributed by atoms with Crippen molar-refractivity contribution >= 4 is 17.4 Å². The topological polar surface area (TPSA) is 70.2 Å². The van der Waals surface area contributed by atoms with E-state index in [1.807, 2.05) is 0 Å². The van der Waals surface area contributed by atoms with Gasteiger partial charge in [-0.05, 0) is 4.92 Å². The summed E-state index contributed by atoms with van der Waals surface area (Å²) in [6.45, 7) is 2.97. The lowest BCUT2D eigenvalue weighted by Gasteiger charge is -2.03. The molecule has 0 unspecified atom stereocenters. The minimum Gasteiger partial charge on any atom is -0.376 e. The Hall–Kier alpha value is -1.14. The summed E-state index contributed by atoms with van der Waals surface area (Å²) in [5, 5.41) is 10.6. The van der Waals surface area contributed by atoms with Crippen molar-refractivity contribution in [2.45, 2.75) is 13.5 Å². The molecular formula is C8H12ClN3O3. The molecule has 0 aliphatic rings. The Labute approximate surface area is 92.0 Å². The number of nitro groups is 1. The van der Waals surface area contributed by atoms with Crippen LogP contribution in [0.25, 0.3) is 0 Å². The Kier molecular flexibility index (Phi) is 4.51. The summed E-state index contributed by atoms with van der Waals surface area (Å²) in [5.41, 5.74) is 0. The molecule has 0 bridgehead atoms. The van der Waals surface area contributed by atoms with Crippen LogP contribution < -0.4 is 0 Å². The number of hydrogen-bond acceptors (Lipinski definition) is 4. The van der Waals surface area contributed by atoms with Gasteiger partial charge in [0.25, 0.3) is 0 Å². The molecule has 1 heterocycles. The largest absolute Gasteiger partial charge is 0.376 e. The van der Waals surface area contributed by atoms with Crippen LogP contribution in [0.2, 0.25) is 0 Å². The van der Waals surface area contributed by atoms with Gasteiger partial charge in [-0.25, -0.2) is 9.55 Å². The van der Waals surface area contributed by atoms with E-state index in [2.05, 4.69) is 4.98 Å². The normalized spacial score (nSPS) is 10.5. The highest BCUT2D eigenvalue weighted by atomic mass is 35.5. The van der Waals surface area contributed by atoms with Crippen molar-refractivity contribution in [3.8, 4) is 0 Å². The SMILES string of the molecule is Cc1ncc([N+](=O)[O-])n1CCOCCCl. The van der Waals surface area contributed by atoms with Crippen LogP contribution in [0.3, 0.4) is 0 Å². The molecule has 0 amide bonds. The van der Waals surface area contributed by atoms with E-state index < -0.39 is 4.92 Å². The van der Waals surface area contributed by atoms with Crippen LogP contribution in [0.5, 0.6) is 0 Å². The summed E-state index contributed by atoms with van der Waals surface area (Å²) in [4.78, 5) is 14.0. The van der Waals surface area contributed by atoms with Gasteiger partial charge in [0.1, 0.15) is 12.7 Å². The first-order valence-electron chi connectivity index (χ1n) is 4.47. The quantitative estimate of drug-likeness (QED) is 0.322. The van der Waals surface area contributed by atoms with Crippen molar-refractivity contribution in [2.24, 2.45) is 0 Å². The Morgan fingerprint density at radius 3 is 3.00 bits per heavy atom. The van der Waals surface area contributed by atoms with E-state index in [4.69, 9.17) is 16.3 Å². The predicted octanol–water partition coefficient (Wildman–Crippen LogP) is 1.36. The molecule has 15 heavy (non-hydrogen) atoms. The molecule has 0 saturated heterocycles. The summed E-state index contributed by atoms with van der Waals surface area (Å²) in [6.07, 6.45) is 1.25. The van der Waals surface area contributed by atoms with Crippen LogP contribution in [0.1, 0.15) is 5.82 Å². The number of imidazole rings is 1. The van der Waals surface area contributed by atoms with E-state index in [-0.39, 0.29) is 5.82 Å². The first-order valence-corrected chi connectivity index (χ1v) is 5.00. The summed E-state index contributed by atoms with van der Waals surface area (Å²) >= 11 is 5.42.